The summed E-state index contributed by atoms with van der Waals surface area (Å²) in [5.41, 5.74) is 0.660. The van der Waals surface area contributed by atoms with Crippen LogP contribution in [0, 0.1) is 0 Å². The average molecular weight is 300 g/mol. The summed E-state index contributed by atoms with van der Waals surface area (Å²) in [6, 6.07) is 7.07. The van der Waals surface area contributed by atoms with E-state index in [4.69, 9.17) is 4.74 Å². The van der Waals surface area contributed by atoms with Gasteiger partial charge in [-0.05, 0) is 25.1 Å². The Bertz CT molecular complexity index is 543. The van der Waals surface area contributed by atoms with E-state index in [-0.39, 0.29) is 18.2 Å². The molecule has 1 aromatic rings. The van der Waals surface area contributed by atoms with Crippen molar-refractivity contribution in [1.29, 1.82) is 0 Å². The average Bonchev–Trinajstić information content (AvgIpc) is 2.37. The molecule has 0 heterocycles. The zero-order valence-electron chi connectivity index (χ0n) is 11.7. The summed E-state index contributed by atoms with van der Waals surface area (Å²) in [5.74, 6) is 0.610. The molecule has 1 aromatic carbocycles. The minimum Gasteiger partial charge on any atom is -0.497 e. The molecule has 0 fully saturated rings. The van der Waals surface area contributed by atoms with Gasteiger partial charge >= 0.3 is 0 Å². The van der Waals surface area contributed by atoms with E-state index in [0.29, 0.717) is 24.4 Å². The highest BCUT2D eigenvalue weighted by Gasteiger charge is 2.04. The number of amides is 1. The number of benzene rings is 1. The highest BCUT2D eigenvalue weighted by atomic mass is 32.2. The van der Waals surface area contributed by atoms with Crippen LogP contribution >= 0.6 is 0 Å². The van der Waals surface area contributed by atoms with Gasteiger partial charge in [-0.2, -0.15) is 0 Å². The van der Waals surface area contributed by atoms with Crippen LogP contribution in [0.25, 0.3) is 0 Å². The van der Waals surface area contributed by atoms with Gasteiger partial charge in [0.2, 0.25) is 5.91 Å². The van der Waals surface area contributed by atoms with E-state index in [1.165, 1.54) is 6.26 Å². The summed E-state index contributed by atoms with van der Waals surface area (Å²) in [6.07, 6.45) is 1.69. The van der Waals surface area contributed by atoms with Gasteiger partial charge in [0.25, 0.3) is 0 Å². The van der Waals surface area contributed by atoms with Crippen molar-refractivity contribution < 1.29 is 17.9 Å². The van der Waals surface area contributed by atoms with Crippen LogP contribution in [0.2, 0.25) is 0 Å². The summed E-state index contributed by atoms with van der Waals surface area (Å²) in [4.78, 5) is 11.6. The van der Waals surface area contributed by atoms with E-state index in [9.17, 15) is 13.2 Å². The summed E-state index contributed by atoms with van der Waals surface area (Å²) < 4.78 is 26.9. The molecule has 0 aliphatic carbocycles. The second-order valence-corrected chi connectivity index (χ2v) is 6.70. The van der Waals surface area contributed by atoms with Gasteiger partial charge in [-0.15, -0.1) is 0 Å². The lowest BCUT2D eigenvalue weighted by atomic mass is 10.3. The Hall–Kier alpha value is -1.60. The van der Waals surface area contributed by atoms with Crippen molar-refractivity contribution in [1.82, 2.24) is 5.32 Å². The number of methoxy groups -OCH3 is 1. The monoisotopic (exact) mass is 300 g/mol. The fraction of sp³-hybridized carbons (Fsp3) is 0.462. The molecule has 0 bridgehead atoms. The van der Waals surface area contributed by atoms with Gasteiger partial charge in [0.1, 0.15) is 15.6 Å². The van der Waals surface area contributed by atoms with Crippen LogP contribution in [0.5, 0.6) is 5.75 Å². The molecule has 112 valence electrons. The molecule has 1 amide bonds. The van der Waals surface area contributed by atoms with Crippen molar-refractivity contribution in [2.45, 2.75) is 6.42 Å². The minimum absolute atomic E-state index is 0.123. The topological polar surface area (TPSA) is 84.5 Å². The van der Waals surface area contributed by atoms with Gasteiger partial charge in [0.05, 0.1) is 19.4 Å². The number of hydrogen-bond donors (Lipinski definition) is 2. The van der Waals surface area contributed by atoms with E-state index in [0.717, 1.165) is 0 Å². The highest BCUT2D eigenvalue weighted by Crippen LogP contribution is 2.16. The van der Waals surface area contributed by atoms with E-state index >= 15 is 0 Å². The molecule has 1 rings (SSSR count). The first-order valence-electron chi connectivity index (χ1n) is 6.23. The summed E-state index contributed by atoms with van der Waals surface area (Å²) in [6.45, 7) is 0.625. The van der Waals surface area contributed by atoms with Gasteiger partial charge < -0.3 is 15.4 Å². The van der Waals surface area contributed by atoms with Gasteiger partial charge in [0, 0.05) is 18.0 Å². The normalized spacial score (nSPS) is 11.1. The van der Waals surface area contributed by atoms with Gasteiger partial charge in [-0.3, -0.25) is 4.79 Å². The van der Waals surface area contributed by atoms with Crippen LogP contribution in [-0.2, 0) is 14.6 Å². The van der Waals surface area contributed by atoms with Crippen LogP contribution in [0.3, 0.4) is 0 Å². The first-order chi connectivity index (χ1) is 9.40. The van der Waals surface area contributed by atoms with Gasteiger partial charge in [-0.1, -0.05) is 6.07 Å². The van der Waals surface area contributed by atoms with E-state index in [1.54, 1.807) is 31.4 Å². The molecule has 0 unspecified atom stereocenters. The van der Waals surface area contributed by atoms with Crippen molar-refractivity contribution in [3.63, 3.8) is 0 Å². The molecule has 6 nitrogen and oxygen atoms in total. The maximum atomic E-state index is 11.6. The Kier molecular flexibility index (Phi) is 6.47. The fourth-order valence-electron chi connectivity index (χ4n) is 1.57. The Labute approximate surface area is 119 Å². The van der Waals surface area contributed by atoms with Crippen LogP contribution in [0.1, 0.15) is 6.42 Å². The van der Waals surface area contributed by atoms with E-state index in [2.05, 4.69) is 10.6 Å². The standard InChI is InChI=1S/C13H20N2O4S/c1-19-12-6-3-5-11(9-12)15-13(16)10-14-7-4-8-20(2,17)18/h3,5-6,9,14H,4,7-8,10H2,1-2H3,(H,15,16). The quantitative estimate of drug-likeness (QED) is 0.689. The maximum Gasteiger partial charge on any atom is 0.238 e. The lowest BCUT2D eigenvalue weighted by molar-refractivity contribution is -0.115. The third-order valence-corrected chi connectivity index (χ3v) is 3.54. The zero-order valence-corrected chi connectivity index (χ0v) is 12.5. The van der Waals surface area contributed by atoms with Crippen LogP contribution in [0.4, 0.5) is 5.69 Å². The zero-order chi connectivity index (χ0) is 15.0. The van der Waals surface area contributed by atoms with Crippen molar-refractivity contribution in [2.75, 3.05) is 37.5 Å². The third-order valence-electron chi connectivity index (χ3n) is 2.51. The molecule has 0 spiro atoms. The first-order valence-corrected chi connectivity index (χ1v) is 8.29. The molecule has 0 radical (unpaired) electrons. The van der Waals surface area contributed by atoms with Crippen LogP contribution in [0.15, 0.2) is 24.3 Å². The number of carbonyl (C=O) groups is 1. The number of carbonyl (C=O) groups excluding carboxylic acids is 1. The van der Waals surface area contributed by atoms with Crippen molar-refractivity contribution in [3.8, 4) is 5.75 Å². The number of anilines is 1. The highest BCUT2D eigenvalue weighted by molar-refractivity contribution is 7.90. The van der Waals surface area contributed by atoms with E-state index in [1.807, 2.05) is 0 Å². The molecule has 0 aliphatic rings. The predicted octanol–water partition coefficient (Wildman–Crippen LogP) is 0.658. The molecule has 0 saturated carbocycles. The summed E-state index contributed by atoms with van der Waals surface area (Å²) in [7, 11) is -1.38. The molecular weight excluding hydrogens is 280 g/mol. The van der Waals surface area contributed by atoms with Crippen LogP contribution < -0.4 is 15.4 Å². The number of nitrogens with one attached hydrogen (secondary N) is 2. The Morgan fingerprint density at radius 3 is 2.75 bits per heavy atom. The number of rotatable bonds is 8. The molecule has 0 saturated heterocycles. The van der Waals surface area contributed by atoms with Crippen molar-refractivity contribution in [3.05, 3.63) is 24.3 Å². The van der Waals surface area contributed by atoms with Crippen LogP contribution in [-0.4, -0.2) is 46.5 Å². The maximum absolute atomic E-state index is 11.6. The second kappa shape index (κ2) is 7.86. The minimum atomic E-state index is -2.94. The Balaban J connectivity index is 2.26. The summed E-state index contributed by atoms with van der Waals surface area (Å²) in [5, 5.41) is 5.62. The van der Waals surface area contributed by atoms with Crippen molar-refractivity contribution >= 4 is 21.4 Å². The van der Waals surface area contributed by atoms with E-state index < -0.39 is 9.84 Å². The third kappa shape index (κ3) is 7.10. The molecule has 7 heteroatoms. The number of hydrogen-bond acceptors (Lipinski definition) is 5. The molecule has 0 aliphatic heterocycles. The summed E-state index contributed by atoms with van der Waals surface area (Å²) >= 11 is 0. The van der Waals surface area contributed by atoms with Gasteiger partial charge in [0.15, 0.2) is 0 Å². The largest absolute Gasteiger partial charge is 0.497 e. The lowest BCUT2D eigenvalue weighted by Gasteiger charge is -2.07. The smallest absolute Gasteiger partial charge is 0.238 e. The molecule has 0 aromatic heterocycles. The molecule has 20 heavy (non-hydrogen) atoms. The molecule has 2 N–H and O–H groups in total. The first kappa shape index (κ1) is 16.5. The Morgan fingerprint density at radius 1 is 1.35 bits per heavy atom. The predicted molar refractivity (Wildman–Crippen MR) is 78.8 cm³/mol. The number of sulfone groups is 1. The van der Waals surface area contributed by atoms with Crippen molar-refractivity contribution in [2.24, 2.45) is 0 Å². The second-order valence-electron chi connectivity index (χ2n) is 4.44. The fourth-order valence-corrected chi connectivity index (χ4v) is 2.24. The number of ether oxygens (including phenoxy) is 1. The molecule has 0 atom stereocenters. The SMILES string of the molecule is COc1cccc(NC(=O)CNCCCS(C)(=O)=O)c1. The molecular formula is C13H20N2O4S. The Morgan fingerprint density at radius 2 is 2.10 bits per heavy atom. The van der Waals surface area contributed by atoms with Gasteiger partial charge in [-0.25, -0.2) is 8.42 Å². The lowest BCUT2D eigenvalue weighted by Crippen LogP contribution is -2.29.